The summed E-state index contributed by atoms with van der Waals surface area (Å²) in [5, 5.41) is 3.41. The fourth-order valence-corrected chi connectivity index (χ4v) is 2.57. The number of hydrogen-bond acceptors (Lipinski definition) is 4. The molecule has 0 bridgehead atoms. The van der Waals surface area contributed by atoms with Crippen LogP contribution in [0.15, 0.2) is 30.7 Å². The largest absolute Gasteiger partial charge is 0.370 e. The summed E-state index contributed by atoms with van der Waals surface area (Å²) in [5.74, 6) is 2.17. The van der Waals surface area contributed by atoms with Crippen molar-refractivity contribution in [1.29, 1.82) is 0 Å². The smallest absolute Gasteiger partial charge is 0.130 e. The highest BCUT2D eigenvalue weighted by atomic mass is 15.2. The number of anilines is 1. The van der Waals surface area contributed by atoms with Crippen LogP contribution in [0, 0.1) is 0 Å². The SMILES string of the molecule is CCCNc1ncccc1CN1CCn2ccnc2C1. The zero-order chi connectivity index (χ0) is 13.8. The summed E-state index contributed by atoms with van der Waals surface area (Å²) >= 11 is 0. The molecule has 2 aromatic rings. The number of nitrogens with zero attached hydrogens (tertiary/aromatic N) is 4. The zero-order valence-corrected chi connectivity index (χ0v) is 11.9. The summed E-state index contributed by atoms with van der Waals surface area (Å²) < 4.78 is 2.23. The molecule has 0 atom stereocenters. The summed E-state index contributed by atoms with van der Waals surface area (Å²) in [6, 6.07) is 4.17. The second-order valence-electron chi connectivity index (χ2n) is 5.19. The van der Waals surface area contributed by atoms with Gasteiger partial charge in [-0.05, 0) is 12.5 Å². The van der Waals surface area contributed by atoms with Crippen molar-refractivity contribution >= 4 is 5.82 Å². The number of pyridine rings is 1. The van der Waals surface area contributed by atoms with Crippen LogP contribution in [0.25, 0.3) is 0 Å². The third kappa shape index (κ3) is 2.82. The van der Waals surface area contributed by atoms with Gasteiger partial charge in [0.15, 0.2) is 0 Å². The second-order valence-corrected chi connectivity index (χ2v) is 5.19. The highest BCUT2D eigenvalue weighted by molar-refractivity contribution is 5.43. The van der Waals surface area contributed by atoms with E-state index < -0.39 is 0 Å². The Kier molecular flexibility index (Phi) is 3.97. The Morgan fingerprint density at radius 3 is 3.10 bits per heavy atom. The van der Waals surface area contributed by atoms with Gasteiger partial charge in [-0.25, -0.2) is 9.97 Å². The second kappa shape index (κ2) is 6.05. The molecule has 2 aromatic heterocycles. The van der Waals surface area contributed by atoms with Crippen molar-refractivity contribution in [3.63, 3.8) is 0 Å². The standard InChI is InChI=1S/C15H21N5/c1-2-5-17-15-13(4-3-6-18-15)11-19-9-10-20-8-7-16-14(20)12-19/h3-4,6-8H,2,5,9-12H2,1H3,(H,17,18). The molecule has 3 rings (SSSR count). The lowest BCUT2D eigenvalue weighted by Gasteiger charge is -2.28. The van der Waals surface area contributed by atoms with Gasteiger partial charge in [-0.2, -0.15) is 0 Å². The van der Waals surface area contributed by atoms with Gasteiger partial charge in [0.2, 0.25) is 0 Å². The highest BCUT2D eigenvalue weighted by Gasteiger charge is 2.17. The van der Waals surface area contributed by atoms with Crippen LogP contribution in [0.3, 0.4) is 0 Å². The van der Waals surface area contributed by atoms with E-state index in [4.69, 9.17) is 0 Å². The molecule has 0 amide bonds. The summed E-state index contributed by atoms with van der Waals surface area (Å²) in [6.07, 6.45) is 6.91. The van der Waals surface area contributed by atoms with Gasteiger partial charge in [0.05, 0.1) is 6.54 Å². The average Bonchev–Trinajstić information content (AvgIpc) is 2.94. The molecule has 1 aliphatic rings. The molecule has 1 aliphatic heterocycles. The maximum atomic E-state index is 4.46. The summed E-state index contributed by atoms with van der Waals surface area (Å²) in [4.78, 5) is 11.3. The number of nitrogens with one attached hydrogen (secondary N) is 1. The van der Waals surface area contributed by atoms with E-state index in [-0.39, 0.29) is 0 Å². The van der Waals surface area contributed by atoms with Crippen LogP contribution in [0.4, 0.5) is 5.82 Å². The Morgan fingerprint density at radius 1 is 1.25 bits per heavy atom. The lowest BCUT2D eigenvalue weighted by atomic mass is 10.2. The Hall–Kier alpha value is -1.88. The van der Waals surface area contributed by atoms with Crippen LogP contribution in [0.2, 0.25) is 0 Å². The molecule has 20 heavy (non-hydrogen) atoms. The van der Waals surface area contributed by atoms with E-state index in [2.05, 4.69) is 43.9 Å². The predicted octanol–water partition coefficient (Wildman–Crippen LogP) is 2.12. The molecular formula is C15H21N5. The van der Waals surface area contributed by atoms with Gasteiger partial charge in [0, 0.05) is 50.3 Å². The Labute approximate surface area is 119 Å². The number of hydrogen-bond donors (Lipinski definition) is 1. The Bertz CT molecular complexity index is 563. The Balaban J connectivity index is 1.69. The molecule has 0 aliphatic carbocycles. The maximum absolute atomic E-state index is 4.46. The molecule has 0 saturated carbocycles. The molecule has 3 heterocycles. The van der Waals surface area contributed by atoms with E-state index in [1.807, 2.05) is 18.5 Å². The first-order valence-electron chi connectivity index (χ1n) is 7.27. The third-order valence-corrected chi connectivity index (χ3v) is 3.65. The van der Waals surface area contributed by atoms with E-state index in [0.717, 1.165) is 50.8 Å². The first-order valence-corrected chi connectivity index (χ1v) is 7.27. The molecule has 0 spiro atoms. The van der Waals surface area contributed by atoms with Crippen LogP contribution in [0.5, 0.6) is 0 Å². The monoisotopic (exact) mass is 271 g/mol. The minimum Gasteiger partial charge on any atom is -0.370 e. The van der Waals surface area contributed by atoms with Gasteiger partial charge in [-0.1, -0.05) is 13.0 Å². The van der Waals surface area contributed by atoms with Crippen molar-refractivity contribution in [1.82, 2.24) is 19.4 Å². The fraction of sp³-hybridized carbons (Fsp3) is 0.467. The molecule has 0 fully saturated rings. The van der Waals surface area contributed by atoms with E-state index in [1.165, 1.54) is 5.56 Å². The summed E-state index contributed by atoms with van der Waals surface area (Å²) in [6.45, 7) is 7.05. The van der Waals surface area contributed by atoms with Crippen molar-refractivity contribution in [3.8, 4) is 0 Å². The van der Waals surface area contributed by atoms with Gasteiger partial charge < -0.3 is 9.88 Å². The lowest BCUT2D eigenvalue weighted by Crippen LogP contribution is -2.33. The van der Waals surface area contributed by atoms with Crippen LogP contribution >= 0.6 is 0 Å². The summed E-state index contributed by atoms with van der Waals surface area (Å²) in [5.41, 5.74) is 1.26. The van der Waals surface area contributed by atoms with Crippen LogP contribution in [-0.2, 0) is 19.6 Å². The number of rotatable bonds is 5. The molecule has 0 saturated heterocycles. The first-order chi connectivity index (χ1) is 9.86. The third-order valence-electron chi connectivity index (χ3n) is 3.65. The van der Waals surface area contributed by atoms with Crippen molar-refractivity contribution < 1.29 is 0 Å². The van der Waals surface area contributed by atoms with Crippen molar-refractivity contribution in [2.24, 2.45) is 0 Å². The van der Waals surface area contributed by atoms with Gasteiger partial charge in [0.25, 0.3) is 0 Å². The minimum absolute atomic E-state index is 0.912. The summed E-state index contributed by atoms with van der Waals surface area (Å²) in [7, 11) is 0. The van der Waals surface area contributed by atoms with Crippen molar-refractivity contribution in [3.05, 3.63) is 42.1 Å². The van der Waals surface area contributed by atoms with Crippen LogP contribution < -0.4 is 5.32 Å². The van der Waals surface area contributed by atoms with E-state index in [9.17, 15) is 0 Å². The van der Waals surface area contributed by atoms with Gasteiger partial charge in [-0.15, -0.1) is 0 Å². The maximum Gasteiger partial charge on any atom is 0.130 e. The molecule has 0 aromatic carbocycles. The topological polar surface area (TPSA) is 46.0 Å². The molecular weight excluding hydrogens is 250 g/mol. The predicted molar refractivity (Wildman–Crippen MR) is 79.4 cm³/mol. The Morgan fingerprint density at radius 2 is 2.20 bits per heavy atom. The van der Waals surface area contributed by atoms with Crippen molar-refractivity contribution in [2.75, 3.05) is 18.4 Å². The van der Waals surface area contributed by atoms with Gasteiger partial charge in [0.1, 0.15) is 11.6 Å². The molecule has 5 nitrogen and oxygen atoms in total. The van der Waals surface area contributed by atoms with Crippen molar-refractivity contribution in [2.45, 2.75) is 33.0 Å². The normalized spacial score (nSPS) is 15.1. The zero-order valence-electron chi connectivity index (χ0n) is 11.9. The average molecular weight is 271 g/mol. The van der Waals surface area contributed by atoms with Crippen LogP contribution in [-0.4, -0.2) is 32.5 Å². The fourth-order valence-electron chi connectivity index (χ4n) is 2.57. The highest BCUT2D eigenvalue weighted by Crippen LogP contribution is 2.18. The number of fused-ring (bicyclic) bond motifs is 1. The van der Waals surface area contributed by atoms with E-state index in [0.29, 0.717) is 0 Å². The minimum atomic E-state index is 0.912. The molecule has 0 radical (unpaired) electrons. The van der Waals surface area contributed by atoms with Crippen LogP contribution in [0.1, 0.15) is 24.7 Å². The molecule has 0 unspecified atom stereocenters. The quantitative estimate of drug-likeness (QED) is 0.905. The number of aromatic nitrogens is 3. The van der Waals surface area contributed by atoms with Gasteiger partial charge >= 0.3 is 0 Å². The van der Waals surface area contributed by atoms with Gasteiger partial charge in [-0.3, -0.25) is 4.90 Å². The van der Waals surface area contributed by atoms with E-state index >= 15 is 0 Å². The first kappa shape index (κ1) is 13.1. The lowest BCUT2D eigenvalue weighted by molar-refractivity contribution is 0.209. The molecule has 1 N–H and O–H groups in total. The molecule has 5 heteroatoms. The number of imidazole rings is 1. The van der Waals surface area contributed by atoms with E-state index in [1.54, 1.807) is 0 Å². The molecule has 106 valence electrons.